The van der Waals surface area contributed by atoms with Crippen LogP contribution < -0.4 is 29.6 Å². The Morgan fingerprint density at radius 1 is 1.00 bits per heavy atom. The zero-order chi connectivity index (χ0) is 8.36. The number of rotatable bonds is 8. The van der Waals surface area contributed by atoms with Gasteiger partial charge in [-0.2, -0.15) is 0 Å². The molecule has 0 atom stereocenters. The van der Waals surface area contributed by atoms with Crippen molar-refractivity contribution >= 4 is 15.9 Å². The molecule has 6 heteroatoms. The Hall–Kier alpha value is 1.37. The topological polar surface area (TPSA) is 36.9 Å². The summed E-state index contributed by atoms with van der Waals surface area (Å²) in [7, 11) is 0. The van der Waals surface area contributed by atoms with Crippen molar-refractivity contribution in [2.45, 2.75) is 13.8 Å². The molecule has 0 rings (SSSR count). The first-order chi connectivity index (χ1) is 5.41. The fourth-order valence-electron chi connectivity index (χ4n) is 0.367. The molecule has 0 aliphatic carbocycles. The quantitative estimate of drug-likeness (QED) is 0.253. The predicted molar refractivity (Wildman–Crippen MR) is 43.1 cm³/mol. The van der Waals surface area contributed by atoms with Crippen molar-refractivity contribution in [3.05, 3.63) is 0 Å². The predicted octanol–water partition coefficient (Wildman–Crippen LogP) is -2.23. The van der Waals surface area contributed by atoms with Gasteiger partial charge in [0.05, 0.1) is 0 Å². The summed E-state index contributed by atoms with van der Waals surface area (Å²) in [5.41, 5.74) is 0. The first-order valence-electron chi connectivity index (χ1n) is 3.62. The summed E-state index contributed by atoms with van der Waals surface area (Å²) in [6.07, 6.45) is 0. The van der Waals surface area contributed by atoms with Gasteiger partial charge in [0, 0.05) is 0 Å². The van der Waals surface area contributed by atoms with Crippen LogP contribution in [-0.2, 0) is 17.1 Å². The molecule has 0 radical (unpaired) electrons. The van der Waals surface area contributed by atoms with E-state index in [1.165, 1.54) is 0 Å². The van der Waals surface area contributed by atoms with Crippen molar-refractivity contribution in [2.24, 2.45) is 0 Å². The van der Waals surface area contributed by atoms with Crippen LogP contribution in [0.2, 0.25) is 0 Å². The van der Waals surface area contributed by atoms with Gasteiger partial charge < -0.3 is 2.85 Å². The van der Waals surface area contributed by atoms with Gasteiger partial charge in [0.15, 0.2) is 0 Å². The monoisotopic (exact) mass is 202 g/mol. The van der Waals surface area contributed by atoms with Crippen LogP contribution in [0.4, 0.5) is 0 Å². The van der Waals surface area contributed by atoms with Crippen molar-refractivity contribution in [3.63, 3.8) is 0 Å². The fraction of sp³-hybridized carbons (Fsp3) is 1.00. The Morgan fingerprint density at radius 3 is 1.75 bits per heavy atom. The van der Waals surface area contributed by atoms with Crippen molar-refractivity contribution in [3.8, 4) is 0 Å². The van der Waals surface area contributed by atoms with E-state index < -0.39 is 15.9 Å². The molecule has 0 saturated heterocycles. The van der Waals surface area contributed by atoms with E-state index in [4.69, 9.17) is 17.1 Å². The molecule has 0 saturated carbocycles. The number of ether oxygens (including phenoxy) is 2. The van der Waals surface area contributed by atoms with Crippen LogP contribution in [0.1, 0.15) is 16.7 Å². The molecule has 0 aliphatic rings. The summed E-state index contributed by atoms with van der Waals surface area (Å²) in [5.74, 6) is 0. The molecule has 12 heavy (non-hydrogen) atoms. The first-order valence-corrected chi connectivity index (χ1v) is 4.56. The van der Waals surface area contributed by atoms with E-state index in [-0.39, 0.29) is 32.4 Å². The summed E-state index contributed by atoms with van der Waals surface area (Å²) < 4.78 is 19.8. The maximum absolute atomic E-state index is 4.98. The van der Waals surface area contributed by atoms with Crippen LogP contribution in [0.5, 0.6) is 0 Å². The average Bonchev–Trinajstić information content (AvgIpc) is 2.03. The maximum Gasteiger partial charge on any atom is 1.00 e. The summed E-state index contributed by atoms with van der Waals surface area (Å²) in [5, 5.41) is 0. The molecule has 0 aromatic rings. The third-order valence-electron chi connectivity index (χ3n) is 0.847. The van der Waals surface area contributed by atoms with Crippen LogP contribution in [0.15, 0.2) is 0 Å². The average molecular weight is 202 g/mol. The molecule has 0 fully saturated rings. The van der Waals surface area contributed by atoms with Gasteiger partial charge in [-0.05, 0) is 0 Å². The molecule has 4 nitrogen and oxygen atoms in total. The fourth-order valence-corrected chi connectivity index (χ4v) is 0.766. The molecule has 0 spiro atoms. The molecular formula is C6H16AlNaO4. The third kappa shape index (κ3) is 13.9. The Morgan fingerprint density at radius 2 is 1.42 bits per heavy atom. The summed E-state index contributed by atoms with van der Waals surface area (Å²) in [6.45, 7) is 5.81. The Balaban J connectivity index is -0.000000167. The van der Waals surface area contributed by atoms with Crippen LogP contribution in [0.3, 0.4) is 0 Å². The van der Waals surface area contributed by atoms with Gasteiger partial charge in [-0.25, -0.2) is 0 Å². The first kappa shape index (κ1) is 15.8. The minimum Gasteiger partial charge on any atom is -1.00 e. The largest absolute Gasteiger partial charge is 1.00 e. The number of hydrogen-bond acceptors (Lipinski definition) is 4. The molecule has 0 heterocycles. The van der Waals surface area contributed by atoms with Gasteiger partial charge >= 0.3 is 103 Å². The zero-order valence-corrected chi connectivity index (χ0v) is 11.2. The molecule has 0 N–H and O–H groups in total. The standard InChI is InChI=1S/2C3H7O2.Al.Na.2H/c2*1-2-5-3-4;;;;/h2*2-3H2,1H3;;;;/q2*-1;+3;+1;2*-1. The second-order valence-electron chi connectivity index (χ2n) is 1.65. The van der Waals surface area contributed by atoms with Crippen molar-refractivity contribution in [1.82, 2.24) is 0 Å². The Labute approximate surface area is 106 Å². The minimum atomic E-state index is -0.439. The molecule has 0 amide bonds. The van der Waals surface area contributed by atoms with Crippen LogP contribution >= 0.6 is 0 Å². The third-order valence-corrected chi connectivity index (χ3v) is 1.39. The van der Waals surface area contributed by atoms with Gasteiger partial charge in [-0.15, -0.1) is 0 Å². The Kier molecular flexibility index (Phi) is 19.6. The van der Waals surface area contributed by atoms with Crippen molar-refractivity contribution < 1.29 is 49.5 Å². The van der Waals surface area contributed by atoms with Crippen molar-refractivity contribution in [2.75, 3.05) is 26.8 Å². The molecular weight excluding hydrogens is 186 g/mol. The second kappa shape index (κ2) is 14.9. The van der Waals surface area contributed by atoms with E-state index in [2.05, 4.69) is 0 Å². The van der Waals surface area contributed by atoms with Gasteiger partial charge in [-0.3, -0.25) is 0 Å². The van der Waals surface area contributed by atoms with Crippen LogP contribution in [-0.4, -0.2) is 42.7 Å². The molecule has 0 aromatic heterocycles. The summed E-state index contributed by atoms with van der Waals surface area (Å²) in [6, 6.07) is 0. The van der Waals surface area contributed by atoms with Gasteiger partial charge in [0.1, 0.15) is 0 Å². The maximum atomic E-state index is 4.98. The van der Waals surface area contributed by atoms with E-state index in [9.17, 15) is 0 Å². The molecule has 0 aliphatic heterocycles. The summed E-state index contributed by atoms with van der Waals surface area (Å²) >= 11 is -0.439. The van der Waals surface area contributed by atoms with Crippen LogP contribution in [0.25, 0.3) is 0 Å². The second-order valence-corrected chi connectivity index (χ2v) is 2.51. The summed E-state index contributed by atoms with van der Waals surface area (Å²) in [4.78, 5) is 0. The molecule has 0 aromatic carbocycles. The van der Waals surface area contributed by atoms with Crippen LogP contribution in [0, 0.1) is 0 Å². The van der Waals surface area contributed by atoms with E-state index in [1.807, 2.05) is 13.8 Å². The molecule has 0 bridgehead atoms. The van der Waals surface area contributed by atoms with E-state index in [1.54, 1.807) is 0 Å². The normalized spacial score (nSPS) is 8.83. The van der Waals surface area contributed by atoms with Gasteiger partial charge in [0.2, 0.25) is 0 Å². The molecule has 68 valence electrons. The van der Waals surface area contributed by atoms with E-state index >= 15 is 0 Å². The number of hydrogen-bond donors (Lipinski definition) is 0. The van der Waals surface area contributed by atoms with E-state index in [0.29, 0.717) is 26.8 Å². The molecule has 0 unspecified atom stereocenters. The van der Waals surface area contributed by atoms with E-state index in [0.717, 1.165) is 0 Å². The smallest absolute Gasteiger partial charge is 1.00 e. The Bertz CT molecular complexity index is 76.9. The van der Waals surface area contributed by atoms with Crippen molar-refractivity contribution in [1.29, 1.82) is 0 Å². The van der Waals surface area contributed by atoms with Gasteiger partial charge in [0.25, 0.3) is 0 Å². The minimum absolute atomic E-state index is 0. The van der Waals surface area contributed by atoms with Gasteiger partial charge in [-0.1, -0.05) is 0 Å². The zero-order valence-electron chi connectivity index (χ0n) is 10.0. The SMILES string of the molecule is CCOC[O][Al+][O]COCC.[H-].[H-].[Na+].